The van der Waals surface area contributed by atoms with Gasteiger partial charge in [-0.1, -0.05) is 13.8 Å². The maximum atomic E-state index is 3.70. The first-order valence-corrected chi connectivity index (χ1v) is 6.58. The fraction of sp³-hybridized carbons (Fsp3) is 0.714. The summed E-state index contributed by atoms with van der Waals surface area (Å²) >= 11 is 0. The zero-order chi connectivity index (χ0) is 11.5. The summed E-state index contributed by atoms with van der Waals surface area (Å²) in [5, 5.41) is 3.70. The highest BCUT2D eigenvalue weighted by molar-refractivity contribution is 5.10. The van der Waals surface area contributed by atoms with Crippen molar-refractivity contribution in [3.63, 3.8) is 0 Å². The van der Waals surface area contributed by atoms with E-state index in [2.05, 4.69) is 49.1 Å². The van der Waals surface area contributed by atoms with E-state index in [9.17, 15) is 0 Å². The van der Waals surface area contributed by atoms with Crippen molar-refractivity contribution in [3.8, 4) is 0 Å². The Morgan fingerprint density at radius 2 is 2.19 bits per heavy atom. The van der Waals surface area contributed by atoms with Crippen LogP contribution in [0, 0.1) is 11.8 Å². The van der Waals surface area contributed by atoms with Gasteiger partial charge in [0.1, 0.15) is 0 Å². The van der Waals surface area contributed by atoms with Crippen LogP contribution >= 0.6 is 0 Å². The summed E-state index contributed by atoms with van der Waals surface area (Å²) in [6, 6.07) is 2.94. The first-order valence-electron chi connectivity index (χ1n) is 6.58. The van der Waals surface area contributed by atoms with E-state index in [1.807, 2.05) is 0 Å². The molecule has 1 aliphatic carbocycles. The molecule has 1 heterocycles. The van der Waals surface area contributed by atoms with Crippen molar-refractivity contribution in [1.82, 2.24) is 9.88 Å². The Bertz CT molecular complexity index is 329. The maximum Gasteiger partial charge on any atom is 0.0223 e. The Hall–Kier alpha value is -0.760. The molecule has 0 saturated heterocycles. The van der Waals surface area contributed by atoms with Crippen LogP contribution < -0.4 is 5.32 Å². The lowest BCUT2D eigenvalue weighted by atomic mass is 9.98. The average Bonchev–Trinajstić information content (AvgIpc) is 2.86. The van der Waals surface area contributed by atoms with Crippen molar-refractivity contribution >= 4 is 0 Å². The summed E-state index contributed by atoms with van der Waals surface area (Å²) in [4.78, 5) is 0. The summed E-state index contributed by atoms with van der Waals surface area (Å²) in [7, 11) is 0. The summed E-state index contributed by atoms with van der Waals surface area (Å²) in [5.74, 6) is 1.71. The summed E-state index contributed by atoms with van der Waals surface area (Å²) < 4.78 is 2.23. The highest BCUT2D eigenvalue weighted by Gasteiger charge is 2.28. The van der Waals surface area contributed by atoms with Crippen molar-refractivity contribution in [1.29, 1.82) is 0 Å². The van der Waals surface area contributed by atoms with Crippen molar-refractivity contribution < 1.29 is 0 Å². The van der Waals surface area contributed by atoms with Gasteiger partial charge in [-0.15, -0.1) is 0 Å². The van der Waals surface area contributed by atoms with E-state index in [4.69, 9.17) is 0 Å². The molecule has 1 N–H and O–H groups in total. The molecule has 1 aliphatic rings. The second-order valence-electron chi connectivity index (χ2n) is 5.25. The van der Waals surface area contributed by atoms with Gasteiger partial charge in [0.15, 0.2) is 0 Å². The third kappa shape index (κ3) is 2.49. The maximum absolute atomic E-state index is 3.70. The second kappa shape index (κ2) is 5.05. The number of nitrogens with zero attached hydrogens (tertiary/aromatic N) is 1. The fourth-order valence-electron chi connectivity index (χ4n) is 2.69. The highest BCUT2D eigenvalue weighted by atomic mass is 15.0. The molecule has 16 heavy (non-hydrogen) atoms. The molecule has 0 amide bonds. The quantitative estimate of drug-likeness (QED) is 0.825. The first kappa shape index (κ1) is 11.7. The molecule has 2 heteroatoms. The monoisotopic (exact) mass is 220 g/mol. The summed E-state index contributed by atoms with van der Waals surface area (Å²) in [6.45, 7) is 9.02. The van der Waals surface area contributed by atoms with E-state index in [1.165, 1.54) is 18.4 Å². The third-order valence-electron chi connectivity index (χ3n) is 4.21. The normalized spacial score (nSPS) is 29.8. The molecular weight excluding hydrogens is 196 g/mol. The first-order chi connectivity index (χ1) is 7.70. The average molecular weight is 220 g/mol. The van der Waals surface area contributed by atoms with Gasteiger partial charge >= 0.3 is 0 Å². The van der Waals surface area contributed by atoms with E-state index in [0.717, 1.165) is 31.0 Å². The van der Waals surface area contributed by atoms with Crippen molar-refractivity contribution in [2.45, 2.75) is 52.7 Å². The Morgan fingerprint density at radius 3 is 2.75 bits per heavy atom. The Balaban J connectivity index is 1.83. The minimum Gasteiger partial charge on any atom is -0.354 e. The van der Waals surface area contributed by atoms with Crippen LogP contribution in [0.2, 0.25) is 0 Å². The van der Waals surface area contributed by atoms with Crippen LogP contribution in [-0.2, 0) is 13.1 Å². The van der Waals surface area contributed by atoms with E-state index in [-0.39, 0.29) is 0 Å². The van der Waals surface area contributed by atoms with Gasteiger partial charge < -0.3 is 9.88 Å². The van der Waals surface area contributed by atoms with Crippen LogP contribution in [0.5, 0.6) is 0 Å². The van der Waals surface area contributed by atoms with Gasteiger partial charge in [-0.25, -0.2) is 0 Å². The molecule has 0 radical (unpaired) electrons. The van der Waals surface area contributed by atoms with Gasteiger partial charge in [0.05, 0.1) is 0 Å². The summed E-state index contributed by atoms with van der Waals surface area (Å²) in [5.41, 5.74) is 1.41. The molecule has 1 saturated carbocycles. The standard InChI is InChI=1S/C14H24N2/c1-4-16-8-7-13(10-16)9-15-14-6-5-11(2)12(14)3/h7-8,10-12,14-15H,4-6,9H2,1-3H3. The Labute approximate surface area is 99.0 Å². The molecule has 0 spiro atoms. The van der Waals surface area contributed by atoms with Gasteiger partial charge in [-0.05, 0) is 43.2 Å². The molecule has 1 aromatic rings. The summed E-state index contributed by atoms with van der Waals surface area (Å²) in [6.07, 6.45) is 7.14. The van der Waals surface area contributed by atoms with E-state index in [1.54, 1.807) is 0 Å². The molecule has 1 aromatic heterocycles. The minimum absolute atomic E-state index is 0.722. The van der Waals surface area contributed by atoms with E-state index < -0.39 is 0 Å². The number of aryl methyl sites for hydroxylation is 1. The van der Waals surface area contributed by atoms with Crippen LogP contribution in [0.25, 0.3) is 0 Å². The number of rotatable bonds is 4. The number of aromatic nitrogens is 1. The van der Waals surface area contributed by atoms with Crippen LogP contribution in [-0.4, -0.2) is 10.6 Å². The molecular formula is C14H24N2. The molecule has 0 aromatic carbocycles. The van der Waals surface area contributed by atoms with Gasteiger partial charge in [0, 0.05) is 31.5 Å². The van der Waals surface area contributed by atoms with Gasteiger partial charge in [-0.3, -0.25) is 0 Å². The van der Waals surface area contributed by atoms with Crippen LogP contribution in [0.3, 0.4) is 0 Å². The molecule has 90 valence electrons. The molecule has 2 nitrogen and oxygen atoms in total. The molecule has 2 rings (SSSR count). The van der Waals surface area contributed by atoms with Crippen LogP contribution in [0.4, 0.5) is 0 Å². The second-order valence-corrected chi connectivity index (χ2v) is 5.25. The molecule has 0 bridgehead atoms. The van der Waals surface area contributed by atoms with Gasteiger partial charge in [-0.2, -0.15) is 0 Å². The van der Waals surface area contributed by atoms with Crippen LogP contribution in [0.15, 0.2) is 18.5 Å². The number of hydrogen-bond donors (Lipinski definition) is 1. The molecule has 1 fully saturated rings. The predicted octanol–water partition coefficient (Wildman–Crippen LogP) is 3.03. The molecule has 3 unspecified atom stereocenters. The SMILES string of the molecule is CCn1ccc(CNC2CCC(C)C2C)c1. The van der Waals surface area contributed by atoms with Gasteiger partial charge in [0.25, 0.3) is 0 Å². The zero-order valence-corrected chi connectivity index (χ0v) is 10.7. The highest BCUT2D eigenvalue weighted by Crippen LogP contribution is 2.31. The Morgan fingerprint density at radius 1 is 1.38 bits per heavy atom. The number of nitrogens with one attached hydrogen (secondary N) is 1. The largest absolute Gasteiger partial charge is 0.354 e. The lowest BCUT2D eigenvalue weighted by Crippen LogP contribution is -2.31. The zero-order valence-electron chi connectivity index (χ0n) is 10.7. The lowest BCUT2D eigenvalue weighted by molar-refractivity contribution is 0.370. The molecule has 0 aliphatic heterocycles. The molecule has 3 atom stereocenters. The smallest absolute Gasteiger partial charge is 0.0223 e. The predicted molar refractivity (Wildman–Crippen MR) is 68.3 cm³/mol. The third-order valence-corrected chi connectivity index (χ3v) is 4.21. The van der Waals surface area contributed by atoms with Crippen LogP contribution in [0.1, 0.15) is 39.2 Å². The van der Waals surface area contributed by atoms with Crippen molar-refractivity contribution in [3.05, 3.63) is 24.0 Å². The number of hydrogen-bond acceptors (Lipinski definition) is 1. The van der Waals surface area contributed by atoms with E-state index in [0.29, 0.717) is 0 Å². The van der Waals surface area contributed by atoms with E-state index >= 15 is 0 Å². The van der Waals surface area contributed by atoms with Crippen molar-refractivity contribution in [2.75, 3.05) is 0 Å². The topological polar surface area (TPSA) is 17.0 Å². The minimum atomic E-state index is 0.722. The lowest BCUT2D eigenvalue weighted by Gasteiger charge is -2.19. The fourth-order valence-corrected chi connectivity index (χ4v) is 2.69. The van der Waals surface area contributed by atoms with Crippen molar-refractivity contribution in [2.24, 2.45) is 11.8 Å². The van der Waals surface area contributed by atoms with Gasteiger partial charge in [0.2, 0.25) is 0 Å². The Kier molecular flexibility index (Phi) is 3.70.